The second kappa shape index (κ2) is 16.9. The zero-order valence-corrected chi connectivity index (χ0v) is 34.6. The van der Waals surface area contributed by atoms with Gasteiger partial charge in [-0.15, -0.1) is 0 Å². The summed E-state index contributed by atoms with van der Waals surface area (Å²) >= 11 is 0. The van der Waals surface area contributed by atoms with Crippen LogP contribution in [-0.4, -0.2) is 99.3 Å². The first-order valence-electron chi connectivity index (χ1n) is 19.1. The molecule has 6 rings (SSSR count). The van der Waals surface area contributed by atoms with E-state index in [1.165, 1.54) is 12.3 Å². The van der Waals surface area contributed by atoms with Crippen molar-refractivity contribution < 1.29 is 43.5 Å². The highest BCUT2D eigenvalue weighted by atomic mass is 28.4. The Labute approximate surface area is 327 Å². The first-order valence-corrected chi connectivity index (χ1v) is 22.9. The van der Waals surface area contributed by atoms with Crippen LogP contribution in [0.2, 0.25) is 10.1 Å². The van der Waals surface area contributed by atoms with E-state index < -0.39 is 65.7 Å². The number of aliphatic hydroxyl groups excluding tert-OH is 4. The third kappa shape index (κ3) is 8.19. The summed E-state index contributed by atoms with van der Waals surface area (Å²) in [7, 11) is -6.04. The highest BCUT2D eigenvalue weighted by Gasteiger charge is 2.54. The first kappa shape index (κ1) is 41.2. The van der Waals surface area contributed by atoms with E-state index >= 15 is 0 Å². The summed E-state index contributed by atoms with van der Waals surface area (Å²) in [5.74, 6) is 0. The quantitative estimate of drug-likeness (QED) is 0.160. The average molecular weight is 785 g/mol. The lowest BCUT2D eigenvalue weighted by Crippen LogP contribution is -2.68. The number of rotatable bonds is 12. The van der Waals surface area contributed by atoms with Gasteiger partial charge in [0, 0.05) is 0 Å². The molecule has 0 saturated carbocycles. The van der Waals surface area contributed by atoms with Gasteiger partial charge in [0.05, 0.1) is 19.5 Å². The van der Waals surface area contributed by atoms with Crippen LogP contribution in [0.25, 0.3) is 0 Å². The van der Waals surface area contributed by atoms with Crippen LogP contribution in [0.1, 0.15) is 41.5 Å². The maximum atomic E-state index is 11.3. The average Bonchev–Trinajstić information content (AvgIpc) is 3.17. The van der Waals surface area contributed by atoms with E-state index in [1.807, 2.05) is 72.8 Å². The molecule has 4 aromatic rings. The third-order valence-electron chi connectivity index (χ3n) is 11.0. The zero-order valence-electron chi connectivity index (χ0n) is 32.6. The molecule has 0 bridgehead atoms. The van der Waals surface area contributed by atoms with Gasteiger partial charge in [0.15, 0.2) is 6.29 Å². The Hall–Kier alpha value is -3.47. The standard InChI is InChI=1S/C44H56O9Si2/c1-43(2,3)54(31-19-11-7-12-20-31,32-21-13-8-14-22-32)50-29-36-38(46)39(47)40(48)42(52-36)53-41-35(45)27-28-49-37(41)30-51-55(44(4,5)6,33-23-15-9-16-24-33)34-25-17-10-18-26-34/h7-28,35-42,45-48H,29-30H2,1-6H3. The minimum atomic E-state index is -3.05. The Morgan fingerprint density at radius 2 is 0.909 bits per heavy atom. The summed E-state index contributed by atoms with van der Waals surface area (Å²) in [4.78, 5) is 0. The van der Waals surface area contributed by atoms with Crippen molar-refractivity contribution in [3.63, 3.8) is 0 Å². The van der Waals surface area contributed by atoms with Crippen molar-refractivity contribution in [3.05, 3.63) is 134 Å². The molecule has 0 aromatic heterocycles. The third-order valence-corrected chi connectivity index (χ3v) is 21.0. The molecule has 0 aliphatic carbocycles. The highest BCUT2D eigenvalue weighted by molar-refractivity contribution is 7.00. The topological polar surface area (TPSA) is 127 Å². The van der Waals surface area contributed by atoms with Gasteiger partial charge in [-0.25, -0.2) is 0 Å². The van der Waals surface area contributed by atoms with Gasteiger partial charge in [0.1, 0.15) is 42.7 Å². The molecule has 2 heterocycles. The van der Waals surface area contributed by atoms with E-state index in [0.29, 0.717) is 0 Å². The largest absolute Gasteiger partial charge is 0.493 e. The fraction of sp³-hybridized carbons (Fsp3) is 0.409. The van der Waals surface area contributed by atoms with Crippen molar-refractivity contribution in [1.29, 1.82) is 0 Å². The van der Waals surface area contributed by atoms with E-state index in [4.69, 9.17) is 23.1 Å². The lowest BCUT2D eigenvalue weighted by molar-refractivity contribution is -0.323. The second-order valence-electron chi connectivity index (χ2n) is 16.6. The molecule has 0 amide bonds. The molecule has 9 nitrogen and oxygen atoms in total. The molecule has 4 aromatic carbocycles. The van der Waals surface area contributed by atoms with Crippen molar-refractivity contribution in [3.8, 4) is 0 Å². The number of aliphatic hydroxyl groups is 4. The fourth-order valence-electron chi connectivity index (χ4n) is 8.19. The minimum absolute atomic E-state index is 0.0493. The molecular formula is C44H56O9Si2. The van der Waals surface area contributed by atoms with Gasteiger partial charge >= 0.3 is 0 Å². The maximum absolute atomic E-state index is 11.3. The molecule has 294 valence electrons. The van der Waals surface area contributed by atoms with Gasteiger partial charge in [-0.1, -0.05) is 163 Å². The normalized spacial score (nSPS) is 26.4. The highest BCUT2D eigenvalue weighted by Crippen LogP contribution is 2.39. The van der Waals surface area contributed by atoms with Gasteiger partial charge in [0.25, 0.3) is 16.6 Å². The van der Waals surface area contributed by atoms with Crippen LogP contribution in [0.4, 0.5) is 0 Å². The lowest BCUT2D eigenvalue weighted by atomic mass is 9.99. The molecule has 0 radical (unpaired) electrons. The molecule has 1 fully saturated rings. The summed E-state index contributed by atoms with van der Waals surface area (Å²) in [5, 5.41) is 48.6. The van der Waals surface area contributed by atoms with E-state index in [-0.39, 0.29) is 23.3 Å². The Kier molecular flexibility index (Phi) is 12.7. The predicted octanol–water partition coefficient (Wildman–Crippen LogP) is 3.61. The number of ether oxygens (including phenoxy) is 3. The Morgan fingerprint density at radius 3 is 1.29 bits per heavy atom. The number of hydrogen-bond acceptors (Lipinski definition) is 9. The summed E-state index contributed by atoms with van der Waals surface area (Å²) in [5.41, 5.74) is 0. The predicted molar refractivity (Wildman–Crippen MR) is 219 cm³/mol. The van der Waals surface area contributed by atoms with Crippen molar-refractivity contribution in [2.24, 2.45) is 0 Å². The van der Waals surface area contributed by atoms with Crippen LogP contribution >= 0.6 is 0 Å². The second-order valence-corrected chi connectivity index (χ2v) is 25.2. The number of hydrogen-bond donors (Lipinski definition) is 4. The number of benzene rings is 4. The zero-order chi connectivity index (χ0) is 39.4. The van der Waals surface area contributed by atoms with E-state index in [1.54, 1.807) is 0 Å². The van der Waals surface area contributed by atoms with E-state index in [9.17, 15) is 20.4 Å². The smallest absolute Gasteiger partial charge is 0.261 e. The van der Waals surface area contributed by atoms with Crippen LogP contribution in [0, 0.1) is 0 Å². The Morgan fingerprint density at radius 1 is 0.527 bits per heavy atom. The van der Waals surface area contributed by atoms with Gasteiger partial charge < -0.3 is 43.5 Å². The van der Waals surface area contributed by atoms with Gasteiger partial charge in [-0.3, -0.25) is 0 Å². The van der Waals surface area contributed by atoms with Crippen molar-refractivity contribution >= 4 is 37.4 Å². The SMILES string of the molecule is CC(C)(C)[Si](OCC1OC(OC2C(O)C=COC2CO[Si](c2ccccc2)(c2ccccc2)C(C)(C)C)C(O)C(O)C1O)(c1ccccc1)c1ccccc1. The van der Waals surface area contributed by atoms with Crippen molar-refractivity contribution in [2.45, 2.75) is 101 Å². The maximum Gasteiger partial charge on any atom is 0.261 e. The van der Waals surface area contributed by atoms with Crippen LogP contribution in [0.3, 0.4) is 0 Å². The summed E-state index contributed by atoms with van der Waals surface area (Å²) in [6, 6.07) is 40.6. The van der Waals surface area contributed by atoms with Crippen molar-refractivity contribution in [1.82, 2.24) is 0 Å². The Bertz CT molecular complexity index is 1740. The van der Waals surface area contributed by atoms with Crippen LogP contribution in [0.5, 0.6) is 0 Å². The lowest BCUT2D eigenvalue weighted by Gasteiger charge is -2.47. The molecule has 8 unspecified atom stereocenters. The molecule has 11 heteroatoms. The van der Waals surface area contributed by atoms with Crippen LogP contribution in [0.15, 0.2) is 134 Å². The molecular weight excluding hydrogens is 729 g/mol. The monoisotopic (exact) mass is 784 g/mol. The molecule has 2 aliphatic rings. The Balaban J connectivity index is 1.27. The van der Waals surface area contributed by atoms with Crippen LogP contribution in [-0.2, 0) is 23.1 Å². The summed E-state index contributed by atoms with van der Waals surface area (Å²) < 4.78 is 32.9. The first-order chi connectivity index (χ1) is 26.2. The van der Waals surface area contributed by atoms with Gasteiger partial charge in [-0.2, -0.15) is 0 Å². The molecule has 1 saturated heterocycles. The summed E-state index contributed by atoms with van der Waals surface area (Å²) in [6.45, 7) is 12.9. The van der Waals surface area contributed by atoms with Gasteiger partial charge in [0.2, 0.25) is 0 Å². The van der Waals surface area contributed by atoms with Crippen LogP contribution < -0.4 is 20.7 Å². The molecule has 2 aliphatic heterocycles. The van der Waals surface area contributed by atoms with E-state index in [2.05, 4.69) is 90.1 Å². The molecule has 55 heavy (non-hydrogen) atoms. The molecule has 0 spiro atoms. The fourth-order valence-corrected chi connectivity index (χ4v) is 17.3. The molecule has 4 N–H and O–H groups in total. The minimum Gasteiger partial charge on any atom is -0.493 e. The van der Waals surface area contributed by atoms with Crippen molar-refractivity contribution in [2.75, 3.05) is 13.2 Å². The van der Waals surface area contributed by atoms with E-state index in [0.717, 1.165) is 20.7 Å². The molecule has 8 atom stereocenters. The summed E-state index contributed by atoms with van der Waals surface area (Å²) in [6.07, 6.45) is -7.34. The van der Waals surface area contributed by atoms with Gasteiger partial charge in [-0.05, 0) is 36.9 Å².